The van der Waals surface area contributed by atoms with Crippen molar-refractivity contribution in [1.82, 2.24) is 0 Å². The Morgan fingerprint density at radius 3 is 2.59 bits per heavy atom. The highest BCUT2D eigenvalue weighted by atomic mass is 32.2. The second-order valence-corrected chi connectivity index (χ2v) is 5.25. The van der Waals surface area contributed by atoms with Crippen LogP contribution in [0.15, 0.2) is 29.2 Å². The van der Waals surface area contributed by atoms with E-state index >= 15 is 0 Å². The molecule has 1 unspecified atom stereocenters. The summed E-state index contributed by atoms with van der Waals surface area (Å²) in [5.41, 5.74) is 6.68. The third-order valence-corrected chi connectivity index (χ3v) is 3.43. The molecule has 0 bridgehead atoms. The number of aliphatic carboxylic acids is 1. The van der Waals surface area contributed by atoms with E-state index in [0.29, 0.717) is 6.42 Å². The lowest BCUT2D eigenvalue weighted by Crippen LogP contribution is -2.29. The Kier molecular flexibility index (Phi) is 6.08. The minimum atomic E-state index is -0.917. The van der Waals surface area contributed by atoms with Crippen molar-refractivity contribution in [1.29, 1.82) is 0 Å². The molecule has 0 aromatic heterocycles. The van der Waals surface area contributed by atoms with Crippen LogP contribution >= 0.6 is 11.8 Å². The normalized spacial score (nSPS) is 12.4. The average molecular weight is 253 g/mol. The van der Waals surface area contributed by atoms with Gasteiger partial charge in [-0.05, 0) is 42.7 Å². The molecule has 1 atom stereocenters. The number of carboxylic acid groups (broad SMARTS) is 1. The number of hydrogen-bond acceptors (Lipinski definition) is 3. The number of benzene rings is 1. The number of aryl methyl sites for hydroxylation is 1. The van der Waals surface area contributed by atoms with Crippen molar-refractivity contribution in [2.75, 3.05) is 5.75 Å². The predicted molar refractivity (Wildman–Crippen MR) is 71.4 cm³/mol. The second kappa shape index (κ2) is 7.35. The number of carbonyl (C=O) groups is 1. The maximum absolute atomic E-state index is 10.5. The van der Waals surface area contributed by atoms with Crippen molar-refractivity contribution in [2.24, 2.45) is 5.73 Å². The lowest BCUT2D eigenvalue weighted by Gasteiger charge is -2.06. The lowest BCUT2D eigenvalue weighted by molar-refractivity contribution is -0.138. The molecular formula is C13H19NO2S. The van der Waals surface area contributed by atoms with Crippen LogP contribution in [-0.4, -0.2) is 22.9 Å². The first-order valence-electron chi connectivity index (χ1n) is 5.83. The fourth-order valence-electron chi connectivity index (χ4n) is 1.57. The molecule has 94 valence electrons. The Morgan fingerprint density at radius 2 is 2.06 bits per heavy atom. The average Bonchev–Trinajstić information content (AvgIpc) is 2.31. The Labute approximate surface area is 106 Å². The quantitative estimate of drug-likeness (QED) is 0.733. The summed E-state index contributed by atoms with van der Waals surface area (Å²) in [7, 11) is 0. The Hall–Kier alpha value is -1.00. The van der Waals surface area contributed by atoms with Gasteiger partial charge in [0.25, 0.3) is 0 Å². The van der Waals surface area contributed by atoms with Gasteiger partial charge in [0.1, 0.15) is 6.04 Å². The maximum atomic E-state index is 10.5. The number of hydrogen-bond donors (Lipinski definition) is 2. The zero-order chi connectivity index (χ0) is 12.7. The molecule has 1 aromatic carbocycles. The van der Waals surface area contributed by atoms with Crippen LogP contribution < -0.4 is 5.73 Å². The molecule has 0 amide bonds. The molecule has 0 heterocycles. The molecule has 4 heteroatoms. The van der Waals surface area contributed by atoms with Gasteiger partial charge in [0.05, 0.1) is 0 Å². The topological polar surface area (TPSA) is 63.3 Å². The Morgan fingerprint density at radius 1 is 1.41 bits per heavy atom. The molecule has 0 saturated heterocycles. The third-order valence-electron chi connectivity index (χ3n) is 2.53. The largest absolute Gasteiger partial charge is 0.480 e. The lowest BCUT2D eigenvalue weighted by atomic mass is 10.1. The van der Waals surface area contributed by atoms with Crippen LogP contribution in [0.3, 0.4) is 0 Å². The smallest absolute Gasteiger partial charge is 0.320 e. The van der Waals surface area contributed by atoms with Gasteiger partial charge in [-0.2, -0.15) is 0 Å². The van der Waals surface area contributed by atoms with Gasteiger partial charge in [0.15, 0.2) is 0 Å². The summed E-state index contributed by atoms with van der Waals surface area (Å²) >= 11 is 1.82. The Balaban J connectivity index is 2.34. The summed E-state index contributed by atoms with van der Waals surface area (Å²) in [6.45, 7) is 2.13. The zero-order valence-corrected chi connectivity index (χ0v) is 10.9. The summed E-state index contributed by atoms with van der Waals surface area (Å²) in [6, 6.07) is 7.69. The minimum Gasteiger partial charge on any atom is -0.480 e. The maximum Gasteiger partial charge on any atom is 0.320 e. The summed E-state index contributed by atoms with van der Waals surface area (Å²) in [4.78, 5) is 11.8. The predicted octanol–water partition coefficient (Wildman–Crippen LogP) is 2.53. The molecule has 1 aromatic rings. The molecule has 3 nitrogen and oxygen atoms in total. The second-order valence-electron chi connectivity index (χ2n) is 3.91. The number of rotatable bonds is 7. The van der Waals surface area contributed by atoms with Crippen LogP contribution in [-0.2, 0) is 11.2 Å². The van der Waals surface area contributed by atoms with Gasteiger partial charge < -0.3 is 10.8 Å². The molecule has 0 aliphatic rings. The minimum absolute atomic E-state index is 0.529. The van der Waals surface area contributed by atoms with E-state index in [-0.39, 0.29) is 0 Å². The molecule has 0 aliphatic carbocycles. The van der Waals surface area contributed by atoms with Crippen molar-refractivity contribution in [3.05, 3.63) is 29.8 Å². The van der Waals surface area contributed by atoms with E-state index in [0.717, 1.165) is 18.6 Å². The zero-order valence-electron chi connectivity index (χ0n) is 10.1. The number of nitrogens with two attached hydrogens (primary N) is 1. The van der Waals surface area contributed by atoms with Crippen molar-refractivity contribution in [3.8, 4) is 0 Å². The van der Waals surface area contributed by atoms with Gasteiger partial charge in [0.2, 0.25) is 0 Å². The molecule has 0 saturated carbocycles. The molecule has 0 radical (unpaired) electrons. The molecule has 0 spiro atoms. The summed E-state index contributed by atoms with van der Waals surface area (Å²) in [5.74, 6) is 0.159. The molecule has 3 N–H and O–H groups in total. The van der Waals surface area contributed by atoms with Crippen LogP contribution in [0.5, 0.6) is 0 Å². The highest BCUT2D eigenvalue weighted by molar-refractivity contribution is 7.99. The van der Waals surface area contributed by atoms with Gasteiger partial charge in [-0.15, -0.1) is 11.8 Å². The van der Waals surface area contributed by atoms with Crippen LogP contribution in [0.4, 0.5) is 0 Å². The van der Waals surface area contributed by atoms with Crippen LogP contribution in [0, 0.1) is 0 Å². The molecular weight excluding hydrogens is 234 g/mol. The molecule has 0 aliphatic heterocycles. The third kappa shape index (κ3) is 5.24. The summed E-state index contributed by atoms with van der Waals surface area (Å²) < 4.78 is 0. The van der Waals surface area contributed by atoms with Gasteiger partial charge in [-0.3, -0.25) is 4.79 Å². The summed E-state index contributed by atoms with van der Waals surface area (Å²) in [6.07, 6.45) is 2.23. The van der Waals surface area contributed by atoms with Gasteiger partial charge in [-0.25, -0.2) is 0 Å². The first kappa shape index (κ1) is 14.1. The van der Waals surface area contributed by atoms with E-state index in [1.165, 1.54) is 10.5 Å². The van der Waals surface area contributed by atoms with Crippen molar-refractivity contribution < 1.29 is 9.90 Å². The van der Waals surface area contributed by atoms with E-state index in [2.05, 4.69) is 31.2 Å². The van der Waals surface area contributed by atoms with E-state index < -0.39 is 12.0 Å². The standard InChI is InChI=1S/C13H19NO2S/c1-2-17-11-8-6-10(7-9-11)4-3-5-12(14)13(15)16/h6-9,12H,2-5,14H2,1H3,(H,15,16). The van der Waals surface area contributed by atoms with E-state index in [9.17, 15) is 4.79 Å². The fourth-order valence-corrected chi connectivity index (χ4v) is 2.23. The number of carboxylic acids is 1. The van der Waals surface area contributed by atoms with Crippen LogP contribution in [0.25, 0.3) is 0 Å². The molecule has 17 heavy (non-hydrogen) atoms. The first-order chi connectivity index (χ1) is 8.13. The molecule has 0 fully saturated rings. The van der Waals surface area contributed by atoms with Crippen molar-refractivity contribution in [2.45, 2.75) is 37.1 Å². The van der Waals surface area contributed by atoms with Crippen molar-refractivity contribution in [3.63, 3.8) is 0 Å². The highest BCUT2D eigenvalue weighted by Crippen LogP contribution is 2.18. The summed E-state index contributed by atoms with van der Waals surface area (Å²) in [5, 5.41) is 8.65. The van der Waals surface area contributed by atoms with E-state index in [1.807, 2.05) is 11.8 Å². The first-order valence-corrected chi connectivity index (χ1v) is 6.82. The van der Waals surface area contributed by atoms with Crippen LogP contribution in [0.2, 0.25) is 0 Å². The number of thioether (sulfide) groups is 1. The SMILES string of the molecule is CCSc1ccc(CCCC(N)C(=O)O)cc1. The van der Waals surface area contributed by atoms with E-state index in [4.69, 9.17) is 10.8 Å². The highest BCUT2D eigenvalue weighted by Gasteiger charge is 2.10. The van der Waals surface area contributed by atoms with Gasteiger partial charge in [-0.1, -0.05) is 19.1 Å². The van der Waals surface area contributed by atoms with Gasteiger partial charge >= 0.3 is 5.97 Å². The van der Waals surface area contributed by atoms with Crippen LogP contribution in [0.1, 0.15) is 25.3 Å². The van der Waals surface area contributed by atoms with E-state index in [1.54, 1.807) is 0 Å². The fraction of sp³-hybridized carbons (Fsp3) is 0.462. The molecule has 1 rings (SSSR count). The van der Waals surface area contributed by atoms with Crippen molar-refractivity contribution >= 4 is 17.7 Å². The Bertz CT molecular complexity index is 351. The monoisotopic (exact) mass is 253 g/mol. The van der Waals surface area contributed by atoms with Gasteiger partial charge in [0, 0.05) is 4.90 Å².